The Bertz CT molecular complexity index is 743. The number of esters is 1. The van der Waals surface area contributed by atoms with Crippen LogP contribution in [0.2, 0.25) is 6.04 Å². The predicted octanol–water partition coefficient (Wildman–Crippen LogP) is 3.31. The van der Waals surface area contributed by atoms with Crippen LogP contribution in [0, 0.1) is 6.92 Å². The van der Waals surface area contributed by atoms with Crippen molar-refractivity contribution in [2.45, 2.75) is 45.1 Å². The zero-order valence-electron chi connectivity index (χ0n) is 17.7. The molecular weight excluding hydrogens is 412 g/mol. The second kappa shape index (κ2) is 12.2. The Labute approximate surface area is 175 Å². The van der Waals surface area contributed by atoms with Crippen LogP contribution in [0.4, 0.5) is 0 Å². The van der Waals surface area contributed by atoms with E-state index in [4.69, 9.17) is 18.0 Å². The van der Waals surface area contributed by atoms with E-state index in [1.165, 1.54) is 12.1 Å². The number of aryl methyl sites for hydroxylation is 1. The van der Waals surface area contributed by atoms with E-state index < -0.39 is 30.4 Å². The third kappa shape index (κ3) is 8.39. The molecule has 0 atom stereocenters. The van der Waals surface area contributed by atoms with E-state index in [0.717, 1.165) is 5.56 Å². The summed E-state index contributed by atoms with van der Waals surface area (Å²) < 4.78 is 47.3. The molecule has 0 unspecified atom stereocenters. The molecule has 0 aromatic heterocycles. The van der Waals surface area contributed by atoms with E-state index in [1.54, 1.807) is 12.1 Å². The highest BCUT2D eigenvalue weighted by molar-refractivity contribution is 7.91. The Morgan fingerprint density at radius 3 is 2.00 bits per heavy atom. The molecule has 29 heavy (non-hydrogen) atoms. The smallest absolute Gasteiger partial charge is 0.462 e. The Hall–Kier alpha value is -1.52. The fraction of sp³-hybridized carbons (Fsp3) is 0.550. The van der Waals surface area contributed by atoms with Crippen LogP contribution in [0.15, 0.2) is 41.3 Å². The maximum Gasteiger partial charge on any atom is 0.501 e. The summed E-state index contributed by atoms with van der Waals surface area (Å²) in [7, 11) is -6.44. The molecule has 0 bridgehead atoms. The molecule has 1 aromatic rings. The highest BCUT2D eigenvalue weighted by Crippen LogP contribution is 2.19. The van der Waals surface area contributed by atoms with Crippen LogP contribution in [0.25, 0.3) is 0 Å². The Kier molecular flexibility index (Phi) is 10.8. The van der Waals surface area contributed by atoms with Gasteiger partial charge < -0.3 is 18.0 Å². The minimum absolute atomic E-state index is 0.102. The van der Waals surface area contributed by atoms with Gasteiger partial charge in [0, 0.05) is 31.4 Å². The lowest BCUT2D eigenvalue weighted by molar-refractivity contribution is -0.139. The lowest BCUT2D eigenvalue weighted by atomic mass is 10.2. The maximum absolute atomic E-state index is 12.4. The summed E-state index contributed by atoms with van der Waals surface area (Å²) in [4.78, 5) is 12.3. The van der Waals surface area contributed by atoms with Crippen molar-refractivity contribution in [3.8, 4) is 0 Å². The van der Waals surface area contributed by atoms with Gasteiger partial charge in [-0.1, -0.05) is 24.3 Å². The van der Waals surface area contributed by atoms with Crippen molar-refractivity contribution in [1.82, 2.24) is 0 Å². The number of rotatable bonds is 14. The minimum Gasteiger partial charge on any atom is -0.462 e. The molecular formula is C20H32O7SSi. The van der Waals surface area contributed by atoms with Gasteiger partial charge >= 0.3 is 14.8 Å². The van der Waals surface area contributed by atoms with Crippen LogP contribution in [-0.4, -0.2) is 55.4 Å². The van der Waals surface area contributed by atoms with Gasteiger partial charge in [-0.25, -0.2) is 13.2 Å². The summed E-state index contributed by atoms with van der Waals surface area (Å²) in [5.41, 5.74) is 0.849. The first-order valence-corrected chi connectivity index (χ1v) is 13.3. The first-order valence-electron chi connectivity index (χ1n) is 9.75. The molecule has 9 heteroatoms. The van der Waals surface area contributed by atoms with Crippen molar-refractivity contribution in [3.63, 3.8) is 0 Å². The molecule has 0 heterocycles. The number of ether oxygens (including phenoxy) is 1. The molecule has 164 valence electrons. The van der Waals surface area contributed by atoms with Gasteiger partial charge in [0.25, 0.3) is 0 Å². The first-order chi connectivity index (χ1) is 13.7. The van der Waals surface area contributed by atoms with Gasteiger partial charge in [-0.2, -0.15) is 0 Å². The molecule has 0 spiro atoms. The molecule has 1 rings (SSSR count). The minimum atomic E-state index is -3.65. The average Bonchev–Trinajstić information content (AvgIpc) is 2.65. The van der Waals surface area contributed by atoms with Crippen LogP contribution >= 0.6 is 0 Å². The zero-order valence-corrected chi connectivity index (χ0v) is 19.5. The number of carbonyl (C=O) groups is 1. The molecule has 0 aliphatic rings. The average molecular weight is 445 g/mol. The molecule has 0 fully saturated rings. The van der Waals surface area contributed by atoms with Crippen molar-refractivity contribution < 1.29 is 31.2 Å². The van der Waals surface area contributed by atoms with E-state index in [0.29, 0.717) is 32.3 Å². The molecule has 0 amide bonds. The predicted molar refractivity (Wildman–Crippen MR) is 113 cm³/mol. The van der Waals surface area contributed by atoms with Crippen LogP contribution in [0.1, 0.15) is 32.8 Å². The lowest BCUT2D eigenvalue weighted by Crippen LogP contribution is -2.46. The van der Waals surface area contributed by atoms with Gasteiger partial charge in [-0.15, -0.1) is 0 Å². The van der Waals surface area contributed by atoms with Gasteiger partial charge in [0.1, 0.15) is 0 Å². The molecule has 0 radical (unpaired) electrons. The van der Waals surface area contributed by atoms with Gasteiger partial charge in [0.15, 0.2) is 9.84 Å². The Morgan fingerprint density at radius 1 is 1.00 bits per heavy atom. The van der Waals surface area contributed by atoms with Crippen LogP contribution in [0.5, 0.6) is 0 Å². The molecule has 7 nitrogen and oxygen atoms in total. The van der Waals surface area contributed by atoms with Crippen LogP contribution < -0.4 is 0 Å². The van der Waals surface area contributed by atoms with Crippen molar-refractivity contribution >= 4 is 24.6 Å². The Balaban J connectivity index is 2.56. The van der Waals surface area contributed by atoms with Gasteiger partial charge in [0.05, 0.1) is 17.3 Å². The number of hydrogen-bond donors (Lipinski definition) is 0. The summed E-state index contributed by atoms with van der Waals surface area (Å²) in [5.74, 6) is -1.21. The number of carbonyl (C=O) groups excluding carboxylic acids is 1. The SMILES string of the molecule is C=C(CS(=O)(=O)c1ccc(C)cc1)C(=O)OCCC[Si](OCC)(OCC)OCC. The van der Waals surface area contributed by atoms with Gasteiger partial charge in [-0.05, 0) is 46.2 Å². The molecule has 0 aliphatic carbocycles. The number of benzene rings is 1. The molecule has 1 aromatic carbocycles. The van der Waals surface area contributed by atoms with E-state index in [9.17, 15) is 13.2 Å². The highest BCUT2D eigenvalue weighted by Gasteiger charge is 2.39. The Morgan fingerprint density at radius 2 is 1.52 bits per heavy atom. The normalized spacial score (nSPS) is 12.0. The molecule has 0 aliphatic heterocycles. The van der Waals surface area contributed by atoms with Crippen molar-refractivity contribution in [2.24, 2.45) is 0 Å². The third-order valence-electron chi connectivity index (χ3n) is 3.99. The zero-order chi connectivity index (χ0) is 21.9. The van der Waals surface area contributed by atoms with Gasteiger partial charge in [-0.3, -0.25) is 0 Å². The van der Waals surface area contributed by atoms with Crippen molar-refractivity contribution in [2.75, 3.05) is 32.2 Å². The monoisotopic (exact) mass is 444 g/mol. The highest BCUT2D eigenvalue weighted by atomic mass is 32.2. The van der Waals surface area contributed by atoms with Crippen molar-refractivity contribution in [1.29, 1.82) is 0 Å². The topological polar surface area (TPSA) is 88.1 Å². The fourth-order valence-electron chi connectivity index (χ4n) is 2.67. The van der Waals surface area contributed by atoms with Crippen molar-refractivity contribution in [3.05, 3.63) is 42.0 Å². The van der Waals surface area contributed by atoms with E-state index in [-0.39, 0.29) is 17.1 Å². The maximum atomic E-state index is 12.4. The summed E-state index contributed by atoms with van der Waals surface area (Å²) in [6.07, 6.45) is 0.482. The fourth-order valence-corrected chi connectivity index (χ4v) is 6.55. The van der Waals surface area contributed by atoms with E-state index >= 15 is 0 Å². The largest absolute Gasteiger partial charge is 0.501 e. The number of hydrogen-bond acceptors (Lipinski definition) is 7. The first kappa shape index (κ1) is 25.5. The third-order valence-corrected chi connectivity index (χ3v) is 8.86. The lowest BCUT2D eigenvalue weighted by Gasteiger charge is -2.28. The van der Waals surface area contributed by atoms with Crippen LogP contribution in [-0.2, 0) is 32.6 Å². The summed E-state index contributed by atoms with van der Waals surface area (Å²) in [6, 6.07) is 6.95. The summed E-state index contributed by atoms with van der Waals surface area (Å²) >= 11 is 0. The number of sulfone groups is 1. The summed E-state index contributed by atoms with van der Waals surface area (Å²) in [6.45, 7) is 12.6. The second-order valence-corrected chi connectivity index (χ2v) is 11.1. The van der Waals surface area contributed by atoms with Crippen LogP contribution in [0.3, 0.4) is 0 Å². The molecule has 0 saturated carbocycles. The van der Waals surface area contributed by atoms with E-state index in [1.807, 2.05) is 27.7 Å². The second-order valence-electron chi connectivity index (χ2n) is 6.40. The molecule has 0 N–H and O–H groups in total. The van der Waals surface area contributed by atoms with E-state index in [2.05, 4.69) is 6.58 Å². The van der Waals surface area contributed by atoms with Gasteiger partial charge in [0.2, 0.25) is 0 Å². The standard InChI is InChI=1S/C20H32O7SSi/c1-6-25-29(26-7-2,27-8-3)15-9-14-24-20(21)18(5)16-28(22,23)19-12-10-17(4)11-13-19/h10-13H,5-9,14-16H2,1-4H3. The quantitative estimate of drug-likeness (QED) is 0.188. The molecule has 0 saturated heterocycles. The summed E-state index contributed by atoms with van der Waals surface area (Å²) in [5, 5.41) is 0.